The van der Waals surface area contributed by atoms with E-state index in [1.165, 1.54) is 52.5 Å². The Morgan fingerprint density at radius 2 is 0.479 bits per heavy atom. The van der Waals surface area contributed by atoms with E-state index in [1.54, 1.807) is 0 Å². The number of nitrogens with zero attached hydrogens (tertiary/aromatic N) is 4. The minimum atomic E-state index is -5.17. The van der Waals surface area contributed by atoms with Gasteiger partial charge >= 0.3 is 54.0 Å². The number of aliphatic hydroxyl groups excluding tert-OH is 4. The first-order valence-electron chi connectivity index (χ1n) is 45.6. The molecule has 0 saturated carbocycles. The van der Waals surface area contributed by atoms with Crippen molar-refractivity contribution in [3.63, 3.8) is 0 Å². The summed E-state index contributed by atoms with van der Waals surface area (Å²) in [6.45, 7) is 22.2. The Morgan fingerprint density at radius 3 is 0.636 bits per heavy atom. The van der Waals surface area contributed by atoms with Gasteiger partial charge in [-0.2, -0.15) is 0 Å². The van der Waals surface area contributed by atoms with Gasteiger partial charge in [-0.15, -0.1) is 0 Å². The molecule has 0 spiro atoms. The Morgan fingerprint density at radius 1 is 0.307 bits per heavy atom. The second-order valence-electron chi connectivity index (χ2n) is 39.5. The number of aliphatic hydroxyl groups is 4. The lowest BCUT2D eigenvalue weighted by Crippen LogP contribution is -2.33. The van der Waals surface area contributed by atoms with Crippen molar-refractivity contribution in [3.8, 4) is 23.0 Å². The number of hydrogen-bond acceptors (Lipinski definition) is 32. The molecular formula is C92H124N8O36P4. The molecule has 768 valence electrons. The highest BCUT2D eigenvalue weighted by molar-refractivity contribution is 7.48. The van der Waals surface area contributed by atoms with Gasteiger partial charge in [0.1, 0.15) is 123 Å². The van der Waals surface area contributed by atoms with Crippen molar-refractivity contribution in [1.82, 2.24) is 38.2 Å². The first kappa shape index (κ1) is 108. The fraction of sp³-hybridized carbons (Fsp3) is 0.565. The molecule has 4 unspecified atom stereocenters. The van der Waals surface area contributed by atoms with Gasteiger partial charge in [0.15, 0.2) is 0 Å². The first-order chi connectivity index (χ1) is 65.5. The summed E-state index contributed by atoms with van der Waals surface area (Å²) in [6.07, 6.45) is -11.6. The highest BCUT2D eigenvalue weighted by atomic mass is 31.2. The smallest absolute Gasteiger partial charge is 0.472 e. The van der Waals surface area contributed by atoms with Crippen LogP contribution < -0.4 is 63.9 Å². The molecule has 4 aromatic carbocycles. The number of fused-ring (bicyclic) bond motifs is 8. The van der Waals surface area contributed by atoms with Crippen molar-refractivity contribution >= 4 is 31.3 Å². The third-order valence-electron chi connectivity index (χ3n) is 24.6. The van der Waals surface area contributed by atoms with Crippen molar-refractivity contribution in [1.29, 1.82) is 0 Å². The van der Waals surface area contributed by atoms with Crippen molar-refractivity contribution in [3.05, 3.63) is 246 Å². The van der Waals surface area contributed by atoms with Crippen molar-refractivity contribution in [2.75, 3.05) is 79.3 Å². The molecule has 13 rings (SSSR count). The molecule has 16 atom stereocenters. The third kappa shape index (κ3) is 26.4. The van der Waals surface area contributed by atoms with Crippen molar-refractivity contribution in [2.45, 2.75) is 258 Å². The lowest BCUT2D eigenvalue weighted by Gasteiger charge is -2.29. The van der Waals surface area contributed by atoms with Gasteiger partial charge < -0.3 is 77.9 Å². The van der Waals surface area contributed by atoms with Gasteiger partial charge in [-0.25, -0.2) is 37.4 Å². The van der Waals surface area contributed by atoms with Crippen LogP contribution >= 0.6 is 31.3 Å². The Bertz CT molecular complexity index is 5740. The van der Waals surface area contributed by atoms with Crippen LogP contribution in [0, 0.1) is 27.7 Å². The highest BCUT2D eigenvalue weighted by Gasteiger charge is 2.47. The van der Waals surface area contributed by atoms with Crippen molar-refractivity contribution < 1.29 is 132 Å². The summed E-state index contributed by atoms with van der Waals surface area (Å²) in [5.41, 5.74) is -1.41. The highest BCUT2D eigenvalue weighted by Crippen LogP contribution is 2.54. The quantitative estimate of drug-likeness (QED) is 0.0133. The average molecular weight is 2040 g/mol. The van der Waals surface area contributed by atoms with Crippen LogP contribution in [0.3, 0.4) is 0 Å². The number of H-pyrrole nitrogens is 4. The molecule has 5 aliphatic rings. The van der Waals surface area contributed by atoms with E-state index >= 15 is 0 Å². The standard InChI is InChI=1S/C92H124N8O36P4/c1-49-41-97(85(109)93-81(49)105)73-37-65(69(45-101)129-73)133-137(113,114)125-21-17-121-77-53-25-55-31-62(90(8,9)10)33-57(78(55)122-18-22-126-138(115,116)134-66-38-74(130-70(66)46-102)98-42-50(2)82(106)94-86(98)110)27-59-35-64(92(14,15)16)36-60(80(59)124-20-24-128-140(119,120)136-68-40-76(132-72(68)48-104)100-44-52(4)84(108)96-88(100)112)28-58-34-63(91(11,12)13)32-56(26-54(77)30-61(29-53)89(5,6)7)79(58)123-19-23-127-139(117,118)135-67-39-75(131-71(67)47-103)99-43-51(3)83(107)95-87(99)111/h29-36,41-44,65-76,101-104H,17-28,37-40,45-48H2,1-16H3,(H,113,114)(H,115,116)(H,117,118)(H,119,120)(H,93,105,109)(H,94,106,110)(H,95,107,111)(H,96,108,112)/t65-,66-,67-,68-,69+,70+,71+,72+,73+,74+,75+,76+/m0/s1. The third-order valence-corrected chi connectivity index (χ3v) is 28.8. The summed E-state index contributed by atoms with van der Waals surface area (Å²) >= 11 is 0. The zero-order valence-electron chi connectivity index (χ0n) is 80.6. The van der Waals surface area contributed by atoms with Crippen LogP contribution in [0.4, 0.5) is 0 Å². The molecule has 48 heteroatoms. The van der Waals surface area contributed by atoms with Gasteiger partial charge in [0.05, 0.1) is 52.9 Å². The molecule has 0 amide bonds. The molecule has 8 heterocycles. The van der Waals surface area contributed by atoms with Gasteiger partial charge in [-0.1, -0.05) is 132 Å². The molecule has 1 aliphatic carbocycles. The molecule has 4 fully saturated rings. The Hall–Kier alpha value is -9.08. The molecule has 4 saturated heterocycles. The number of phosphoric ester groups is 4. The van der Waals surface area contributed by atoms with Crippen LogP contribution in [0.2, 0.25) is 0 Å². The van der Waals surface area contributed by atoms with Gasteiger partial charge in [-0.3, -0.25) is 93.6 Å². The predicted octanol–water partition coefficient (Wildman–Crippen LogP) is 7.63. The molecule has 12 N–H and O–H groups in total. The van der Waals surface area contributed by atoms with Gasteiger partial charge in [0, 0.05) is 98.4 Å². The largest absolute Gasteiger partial charge is 0.491 e. The van der Waals surface area contributed by atoms with E-state index < -0.39 is 251 Å². The number of ether oxygens (including phenoxy) is 8. The number of hydrogen-bond donors (Lipinski definition) is 12. The van der Waals surface area contributed by atoms with E-state index in [1.807, 2.05) is 132 Å². The van der Waals surface area contributed by atoms with E-state index in [2.05, 4.69) is 19.9 Å². The fourth-order valence-corrected chi connectivity index (χ4v) is 20.9. The van der Waals surface area contributed by atoms with Crippen LogP contribution in [0.1, 0.15) is 223 Å². The first-order valence-corrected chi connectivity index (χ1v) is 51.6. The number of phosphoric acid groups is 4. The molecule has 140 heavy (non-hydrogen) atoms. The molecule has 4 aromatic heterocycles. The Kier molecular flexibility index (Phi) is 33.6. The van der Waals surface area contributed by atoms with E-state index in [-0.39, 0.29) is 96.6 Å². The monoisotopic (exact) mass is 2040 g/mol. The Balaban J connectivity index is 0.925. The average Bonchev–Trinajstić information content (AvgIpc) is 0.971. The minimum absolute atomic E-state index is 0.0966. The number of aromatic amines is 4. The number of aromatic nitrogens is 8. The maximum absolute atomic E-state index is 14.3. The normalized spacial score (nSPS) is 23.1. The van der Waals surface area contributed by atoms with Crippen LogP contribution in [-0.2, 0) is 121 Å². The summed E-state index contributed by atoms with van der Waals surface area (Å²) in [7, 11) is -20.7. The summed E-state index contributed by atoms with van der Waals surface area (Å²) in [5, 5.41) is 42.0. The van der Waals surface area contributed by atoms with Crippen LogP contribution in [0.25, 0.3) is 0 Å². The summed E-state index contributed by atoms with van der Waals surface area (Å²) in [6, 6.07) is 15.5. The molecular weight excluding hydrogens is 1920 g/mol. The number of aryl methyl sites for hydroxylation is 4. The number of nitrogens with one attached hydrogen (secondary N) is 4. The number of rotatable bonds is 36. The minimum Gasteiger partial charge on any atom is -0.491 e. The van der Waals surface area contributed by atoms with Gasteiger partial charge in [0.2, 0.25) is 0 Å². The molecule has 8 bridgehead atoms. The van der Waals surface area contributed by atoms with E-state index in [0.717, 1.165) is 40.5 Å². The second-order valence-corrected chi connectivity index (χ2v) is 45.1. The summed E-state index contributed by atoms with van der Waals surface area (Å²) < 4.78 is 159. The molecule has 0 radical (unpaired) electrons. The number of benzene rings is 4. The molecule has 8 aromatic rings. The van der Waals surface area contributed by atoms with E-state index in [9.17, 15) is 96.6 Å². The summed E-state index contributed by atoms with van der Waals surface area (Å²) in [4.78, 5) is 157. The van der Waals surface area contributed by atoms with Gasteiger partial charge in [0.25, 0.3) is 22.2 Å². The molecule has 4 aliphatic heterocycles. The maximum Gasteiger partial charge on any atom is 0.472 e. The topological polar surface area (TPSA) is 597 Å². The van der Waals surface area contributed by atoms with E-state index in [4.69, 9.17) is 74.1 Å². The van der Waals surface area contributed by atoms with Gasteiger partial charge in [-0.05, 0) is 116 Å². The zero-order valence-corrected chi connectivity index (χ0v) is 84.2. The predicted molar refractivity (Wildman–Crippen MR) is 503 cm³/mol. The molecule has 44 nitrogen and oxygen atoms in total. The van der Waals surface area contributed by atoms with E-state index in [0.29, 0.717) is 44.5 Å². The van der Waals surface area contributed by atoms with Crippen molar-refractivity contribution in [2.24, 2.45) is 0 Å². The lowest BCUT2D eigenvalue weighted by molar-refractivity contribution is -0.0466. The lowest BCUT2D eigenvalue weighted by atomic mass is 9.79. The van der Waals surface area contributed by atoms with Crippen LogP contribution in [0.15, 0.2) is 112 Å². The zero-order chi connectivity index (χ0) is 102. The Labute approximate surface area is 803 Å². The van der Waals surface area contributed by atoms with Crippen LogP contribution in [-0.4, -0.2) is 206 Å². The van der Waals surface area contributed by atoms with Crippen LogP contribution in [0.5, 0.6) is 23.0 Å². The fourth-order valence-electron chi connectivity index (χ4n) is 17.1. The maximum atomic E-state index is 14.3. The summed E-state index contributed by atoms with van der Waals surface area (Å²) in [5.74, 6) is 0.794. The second kappa shape index (κ2) is 43.5. The SMILES string of the molecule is Cc1cn([C@H]2C[C@H](OP(=O)(O)OCCOc3c4cc(C(C)(C)C)cc3Cc3cc(C(C)(C)C)cc(c3OCCOP(=O)(O)O[C@H]3C[C@H](n5cc(C)c(=O)[nH]c5=O)O[C@@H]3CO)Cc3cc(C(C)(C)C)cc(c3OCCOP(=O)(O)O[C@H]3C[C@H](n5cc(C)c(=O)[nH]c5=O)O[C@@H]3CO)Cc3cc(C(C)(C)C)cc(c3OCCOP(=O)(O)O[C@H]3C[C@H](n5cc(C)c(=O)[nH]c5=O)O[C@@H]3CO)C4)[C@@H](CO)O2)c(=O)[nH]c1=O.